The number of nitrogens with one attached hydrogen (secondary N) is 2. The molecule has 0 radical (unpaired) electrons. The van der Waals surface area contributed by atoms with E-state index < -0.39 is 36.2 Å². The Hall–Kier alpha value is -5.69. The van der Waals surface area contributed by atoms with Gasteiger partial charge in [-0.25, -0.2) is 4.79 Å². The van der Waals surface area contributed by atoms with Crippen LogP contribution in [0.1, 0.15) is 54.0 Å². The van der Waals surface area contributed by atoms with Gasteiger partial charge in [0, 0.05) is 22.6 Å². The highest BCUT2D eigenvalue weighted by Gasteiger charge is 2.40. The first-order chi connectivity index (χ1) is 23.9. The molecule has 0 bridgehead atoms. The fourth-order valence-electron chi connectivity index (χ4n) is 6.67. The monoisotopic (exact) mass is 652 g/mol. The zero-order chi connectivity index (χ0) is 34.2. The summed E-state index contributed by atoms with van der Waals surface area (Å²) in [6, 6.07) is 43.9. The van der Waals surface area contributed by atoms with Gasteiger partial charge in [-0.2, -0.15) is 0 Å². The van der Waals surface area contributed by atoms with Crippen LogP contribution in [0.25, 0.3) is 11.1 Å². The van der Waals surface area contributed by atoms with Crippen LogP contribution in [0.2, 0.25) is 0 Å². The van der Waals surface area contributed by atoms with Crippen molar-refractivity contribution < 1.29 is 23.9 Å². The number of carbonyl (C=O) groups excluding carboxylic acids is 3. The molecule has 2 amide bonds. The molecular formula is C42H40N2O5. The molecule has 1 atom stereocenters. The Bertz CT molecular complexity index is 1750. The minimum atomic E-state index is -1.26. The van der Waals surface area contributed by atoms with E-state index >= 15 is 0 Å². The molecule has 0 aromatic heterocycles. The topological polar surface area (TPSA) is 93.7 Å². The van der Waals surface area contributed by atoms with Crippen LogP contribution in [0.15, 0.2) is 140 Å². The third kappa shape index (κ3) is 7.26. The number of benzene rings is 5. The minimum absolute atomic E-state index is 0.0819. The minimum Gasteiger partial charge on any atom is -0.449 e. The van der Waals surface area contributed by atoms with E-state index in [2.05, 4.69) is 34.9 Å². The van der Waals surface area contributed by atoms with Crippen molar-refractivity contribution in [2.24, 2.45) is 5.92 Å². The van der Waals surface area contributed by atoms with E-state index in [1.165, 1.54) is 0 Å². The van der Waals surface area contributed by atoms with E-state index in [4.69, 9.17) is 9.47 Å². The maximum atomic E-state index is 13.7. The second-order valence-corrected chi connectivity index (χ2v) is 12.6. The Labute approximate surface area is 287 Å². The smallest absolute Gasteiger partial charge is 0.407 e. The molecule has 49 heavy (non-hydrogen) atoms. The number of amides is 2. The molecule has 0 fully saturated rings. The highest BCUT2D eigenvalue weighted by Crippen LogP contribution is 2.44. The summed E-state index contributed by atoms with van der Waals surface area (Å²) in [4.78, 5) is 40.3. The fraction of sp³-hybridized carbons (Fsp3) is 0.214. The Morgan fingerprint density at radius 1 is 0.653 bits per heavy atom. The molecule has 1 aliphatic rings. The lowest BCUT2D eigenvalue weighted by molar-refractivity contribution is -0.153. The molecule has 0 unspecified atom stereocenters. The molecular weight excluding hydrogens is 612 g/mol. The van der Waals surface area contributed by atoms with Gasteiger partial charge in [0.25, 0.3) is 0 Å². The van der Waals surface area contributed by atoms with Gasteiger partial charge in [-0.15, -0.1) is 0 Å². The van der Waals surface area contributed by atoms with Crippen molar-refractivity contribution in [1.29, 1.82) is 0 Å². The molecule has 0 saturated heterocycles. The number of hydrogen-bond donors (Lipinski definition) is 2. The van der Waals surface area contributed by atoms with Gasteiger partial charge in [-0.3, -0.25) is 9.59 Å². The third-order valence-electron chi connectivity index (χ3n) is 8.87. The summed E-state index contributed by atoms with van der Waals surface area (Å²) in [5.74, 6) is -1.15. The van der Waals surface area contributed by atoms with Crippen LogP contribution in [0.3, 0.4) is 0 Å². The van der Waals surface area contributed by atoms with Crippen LogP contribution in [-0.2, 0) is 24.7 Å². The second-order valence-electron chi connectivity index (χ2n) is 12.6. The van der Waals surface area contributed by atoms with E-state index in [-0.39, 0.29) is 18.4 Å². The van der Waals surface area contributed by atoms with Crippen molar-refractivity contribution in [3.05, 3.63) is 167 Å². The molecule has 5 aromatic rings. The zero-order valence-corrected chi connectivity index (χ0v) is 27.7. The van der Waals surface area contributed by atoms with Crippen molar-refractivity contribution in [3.63, 3.8) is 0 Å². The van der Waals surface area contributed by atoms with E-state index in [1.54, 1.807) is 0 Å². The molecule has 1 aliphatic carbocycles. The Balaban J connectivity index is 1.14. The molecule has 5 aromatic carbocycles. The van der Waals surface area contributed by atoms with Gasteiger partial charge < -0.3 is 20.1 Å². The molecule has 6 rings (SSSR count). The number of hydrogen-bond acceptors (Lipinski definition) is 5. The largest absolute Gasteiger partial charge is 0.449 e. The first-order valence-corrected chi connectivity index (χ1v) is 16.6. The highest BCUT2D eigenvalue weighted by atomic mass is 16.6. The van der Waals surface area contributed by atoms with E-state index in [1.807, 2.05) is 129 Å². The lowest BCUT2D eigenvalue weighted by atomic mass is 9.80. The van der Waals surface area contributed by atoms with Gasteiger partial charge in [0.2, 0.25) is 5.91 Å². The SMILES string of the molecule is CC(C)C[C@H](NC(=O)OCC1c2ccccc2-c2ccccc21)C(=O)NCC(=O)OC(c1ccccc1)(c1ccccc1)c1ccccc1. The summed E-state index contributed by atoms with van der Waals surface area (Å²) in [6.07, 6.45) is -0.339. The molecule has 0 aliphatic heterocycles. The van der Waals surface area contributed by atoms with Crippen molar-refractivity contribution in [2.45, 2.75) is 37.8 Å². The van der Waals surface area contributed by atoms with Crippen LogP contribution < -0.4 is 10.6 Å². The average molecular weight is 653 g/mol. The summed E-state index contributed by atoms with van der Waals surface area (Å²) < 4.78 is 12.1. The molecule has 0 spiro atoms. The quantitative estimate of drug-likeness (QED) is 0.107. The lowest BCUT2D eigenvalue weighted by Crippen LogP contribution is -2.49. The van der Waals surface area contributed by atoms with Gasteiger partial charge >= 0.3 is 12.1 Å². The predicted octanol–water partition coefficient (Wildman–Crippen LogP) is 7.59. The molecule has 7 nitrogen and oxygen atoms in total. The van der Waals surface area contributed by atoms with E-state index in [0.29, 0.717) is 6.42 Å². The molecule has 248 valence electrons. The zero-order valence-electron chi connectivity index (χ0n) is 27.7. The average Bonchev–Trinajstić information content (AvgIpc) is 3.46. The van der Waals surface area contributed by atoms with Crippen LogP contribution in [0.5, 0.6) is 0 Å². The first kappa shape index (κ1) is 33.2. The van der Waals surface area contributed by atoms with E-state index in [9.17, 15) is 14.4 Å². The highest BCUT2D eigenvalue weighted by molar-refractivity contribution is 5.88. The predicted molar refractivity (Wildman–Crippen MR) is 190 cm³/mol. The number of ether oxygens (including phenoxy) is 2. The molecule has 2 N–H and O–H groups in total. The number of rotatable bonds is 12. The van der Waals surface area contributed by atoms with Crippen molar-refractivity contribution >= 4 is 18.0 Å². The van der Waals surface area contributed by atoms with Crippen molar-refractivity contribution in [1.82, 2.24) is 10.6 Å². The molecule has 0 heterocycles. The van der Waals surface area contributed by atoms with Crippen LogP contribution >= 0.6 is 0 Å². The fourth-order valence-corrected chi connectivity index (χ4v) is 6.67. The third-order valence-corrected chi connectivity index (χ3v) is 8.87. The Morgan fingerprint density at radius 2 is 1.10 bits per heavy atom. The van der Waals surface area contributed by atoms with Gasteiger partial charge in [0.05, 0.1) is 0 Å². The van der Waals surface area contributed by atoms with Gasteiger partial charge in [0.1, 0.15) is 19.2 Å². The maximum Gasteiger partial charge on any atom is 0.407 e. The first-order valence-electron chi connectivity index (χ1n) is 16.6. The maximum absolute atomic E-state index is 13.7. The molecule has 7 heteroatoms. The summed E-state index contributed by atoms with van der Waals surface area (Å²) >= 11 is 0. The standard InChI is InChI=1S/C42H40N2O5/c1-29(2)26-38(44-41(47)48-28-37-35-24-14-12-22-33(35)34-23-13-15-25-36(34)37)40(46)43-27-39(45)49-42(30-16-6-3-7-17-30,31-18-8-4-9-19-31)32-20-10-5-11-21-32/h3-25,29,37-38H,26-28H2,1-2H3,(H,43,46)(H,44,47)/t38-/m0/s1. The normalized spacial score (nSPS) is 12.8. The van der Waals surface area contributed by atoms with Gasteiger partial charge in [0.15, 0.2) is 5.60 Å². The lowest BCUT2D eigenvalue weighted by Gasteiger charge is -2.35. The molecule has 0 saturated carbocycles. The van der Waals surface area contributed by atoms with Gasteiger partial charge in [-0.05, 0) is 34.6 Å². The van der Waals surface area contributed by atoms with Crippen LogP contribution in [-0.4, -0.2) is 37.2 Å². The number of alkyl carbamates (subject to hydrolysis) is 1. The number of fused-ring (bicyclic) bond motifs is 3. The summed E-state index contributed by atoms with van der Waals surface area (Å²) in [7, 11) is 0. The second kappa shape index (κ2) is 15.0. The van der Waals surface area contributed by atoms with Crippen LogP contribution in [0.4, 0.5) is 4.79 Å². The number of carbonyl (C=O) groups is 3. The van der Waals surface area contributed by atoms with E-state index in [0.717, 1.165) is 38.9 Å². The Kier molecular flexibility index (Phi) is 10.2. The van der Waals surface area contributed by atoms with Crippen molar-refractivity contribution in [3.8, 4) is 11.1 Å². The van der Waals surface area contributed by atoms with Gasteiger partial charge in [-0.1, -0.05) is 153 Å². The van der Waals surface area contributed by atoms with Crippen LogP contribution in [0, 0.1) is 5.92 Å². The summed E-state index contributed by atoms with van der Waals surface area (Å²) in [5.41, 5.74) is 5.50. The number of esters is 1. The Morgan fingerprint density at radius 3 is 1.57 bits per heavy atom. The van der Waals surface area contributed by atoms with Crippen molar-refractivity contribution in [2.75, 3.05) is 13.2 Å². The summed E-state index contributed by atoms with van der Waals surface area (Å²) in [5, 5.41) is 5.45. The summed E-state index contributed by atoms with van der Waals surface area (Å²) in [6.45, 7) is 3.65.